The number of halogens is 3. The molecule has 34 heavy (non-hydrogen) atoms. The lowest BCUT2D eigenvalue weighted by Gasteiger charge is -2.45. The minimum absolute atomic E-state index is 0.0307. The molecule has 0 radical (unpaired) electrons. The first-order valence-electron chi connectivity index (χ1n) is 10.8. The predicted octanol–water partition coefficient (Wildman–Crippen LogP) is 4.89. The molecule has 6 nitrogen and oxygen atoms in total. The van der Waals surface area contributed by atoms with Crippen molar-refractivity contribution in [2.45, 2.75) is 43.3 Å². The topological polar surface area (TPSA) is 81.5 Å². The lowest BCUT2D eigenvalue weighted by atomic mass is 9.84. The van der Waals surface area contributed by atoms with Gasteiger partial charge in [0.1, 0.15) is 6.04 Å². The minimum Gasteiger partial charge on any atom is -0.294 e. The van der Waals surface area contributed by atoms with E-state index >= 15 is 0 Å². The lowest BCUT2D eigenvalue weighted by Crippen LogP contribution is -2.53. The first-order chi connectivity index (χ1) is 16.1. The van der Waals surface area contributed by atoms with E-state index in [9.17, 15) is 32.2 Å². The lowest BCUT2D eigenvalue weighted by molar-refractivity contribution is -0.137. The normalized spacial score (nSPS) is 22.1. The molecule has 0 N–H and O–H groups in total. The van der Waals surface area contributed by atoms with Crippen LogP contribution in [0.4, 0.5) is 23.7 Å². The zero-order valence-corrected chi connectivity index (χ0v) is 19.0. The average molecular weight is 488 g/mol. The van der Waals surface area contributed by atoms with Crippen molar-refractivity contribution in [3.63, 3.8) is 0 Å². The number of fused-ring (bicyclic) bond motifs is 4. The van der Waals surface area contributed by atoms with Crippen molar-refractivity contribution in [2.75, 3.05) is 10.7 Å². The summed E-state index contributed by atoms with van der Waals surface area (Å²) in [7, 11) is -3.58. The number of benzene rings is 2. The third-order valence-electron chi connectivity index (χ3n) is 6.64. The Morgan fingerprint density at radius 3 is 2.59 bits per heavy atom. The number of ketones is 1. The molecule has 0 aromatic heterocycles. The Hall–Kier alpha value is -3.45. The number of carbonyl (C=O) groups is 2. The van der Waals surface area contributed by atoms with Gasteiger partial charge in [0.25, 0.3) is 0 Å². The van der Waals surface area contributed by atoms with Crippen LogP contribution in [-0.4, -0.2) is 26.1 Å². The van der Waals surface area contributed by atoms with Crippen molar-refractivity contribution in [3.05, 3.63) is 70.4 Å². The summed E-state index contributed by atoms with van der Waals surface area (Å²) in [5, 5.41) is 9.35. The number of hydrogen-bond donors (Lipinski definition) is 1. The molecule has 10 heteroatoms. The molecule has 0 unspecified atom stereocenters. The van der Waals surface area contributed by atoms with E-state index in [4.69, 9.17) is 0 Å². The van der Waals surface area contributed by atoms with Gasteiger partial charge in [-0.3, -0.25) is 13.9 Å². The second-order valence-electron chi connectivity index (χ2n) is 8.45. The molecule has 2 aromatic carbocycles. The monoisotopic (exact) mass is 487 g/mol. The molecule has 1 atom stereocenters. The van der Waals surface area contributed by atoms with E-state index in [-0.39, 0.29) is 29.2 Å². The van der Waals surface area contributed by atoms with Crippen LogP contribution in [0, 0.1) is 11.3 Å². The molecule has 176 valence electrons. The number of nitrogens with zero attached hydrogens (tertiary/aromatic N) is 3. The number of allylic oxidation sites excluding steroid dienone is 1. The van der Waals surface area contributed by atoms with Crippen LogP contribution in [0.25, 0.3) is 0 Å². The molecule has 2 aromatic rings. The maximum Gasteiger partial charge on any atom is 0.416 e. The quantitative estimate of drug-likeness (QED) is 0.612. The second kappa shape index (κ2) is 7.53. The molecule has 0 fully saturated rings. The molecule has 2 amide bonds. The Balaban J connectivity index is 1.78. The van der Waals surface area contributed by atoms with Gasteiger partial charge in [-0.1, -0.05) is 19.1 Å². The summed E-state index contributed by atoms with van der Waals surface area (Å²) in [4.78, 5) is 28.6. The minimum atomic E-state index is -4.62. The highest BCUT2D eigenvalue weighted by molar-refractivity contribution is 8.01. The van der Waals surface area contributed by atoms with Crippen molar-refractivity contribution in [2.24, 2.45) is 0 Å². The first kappa shape index (κ1) is 22.3. The number of amides is 2. The van der Waals surface area contributed by atoms with Gasteiger partial charge in [-0.05, 0) is 58.9 Å². The van der Waals surface area contributed by atoms with Gasteiger partial charge in [0.05, 0.1) is 22.9 Å². The van der Waals surface area contributed by atoms with Crippen molar-refractivity contribution < 1.29 is 27.0 Å². The highest BCUT2D eigenvalue weighted by Crippen LogP contribution is 2.54. The number of carbonyl (C=O) groups excluding carboxylic acids is 2. The van der Waals surface area contributed by atoms with E-state index in [0.717, 1.165) is 17.0 Å². The third kappa shape index (κ3) is 3.03. The van der Waals surface area contributed by atoms with Crippen LogP contribution >= 0.6 is 0 Å². The van der Waals surface area contributed by atoms with Gasteiger partial charge in [0, 0.05) is 28.3 Å². The van der Waals surface area contributed by atoms with E-state index in [1.165, 1.54) is 22.5 Å². The summed E-state index contributed by atoms with van der Waals surface area (Å²) in [6.07, 6.45) is -3.60. The van der Waals surface area contributed by atoms with E-state index < -0.39 is 33.9 Å². The maximum absolute atomic E-state index is 14.3. The Morgan fingerprint density at radius 1 is 1.15 bits per heavy atom. The molecule has 2 aliphatic heterocycles. The number of anilines is 1. The molecule has 5 rings (SSSR count). The summed E-state index contributed by atoms with van der Waals surface area (Å²) in [6, 6.07) is 9.45. The number of rotatable bonds is 2. The maximum atomic E-state index is 14.3. The summed E-state index contributed by atoms with van der Waals surface area (Å²) < 4.78 is 55.7. The largest absolute Gasteiger partial charge is 0.416 e. The van der Waals surface area contributed by atoms with Gasteiger partial charge in [-0.25, -0.2) is 9.10 Å². The predicted molar refractivity (Wildman–Crippen MR) is 119 cm³/mol. The SMILES string of the molecule is CC[SH]1(=O)c2cc(C#N)ccc2[C@H]2C3=C(CCCC3=O)N(c3cccc(C(F)(F)F)c3)C(=O)N21. The Kier molecular flexibility index (Phi) is 4.95. The Bertz CT molecular complexity index is 1380. The van der Waals surface area contributed by atoms with Crippen molar-refractivity contribution >= 4 is 27.6 Å². The van der Waals surface area contributed by atoms with E-state index in [2.05, 4.69) is 0 Å². The number of urea groups is 1. The second-order valence-corrected chi connectivity index (χ2v) is 11.4. The molecule has 0 spiro atoms. The van der Waals surface area contributed by atoms with Crippen molar-refractivity contribution in [1.82, 2.24) is 4.31 Å². The van der Waals surface area contributed by atoms with Gasteiger partial charge in [0.2, 0.25) is 0 Å². The van der Waals surface area contributed by atoms with Gasteiger partial charge in [-0.2, -0.15) is 18.4 Å². The standard InChI is InChI=1S/C24H20F3N3O3S/c1-2-34(33)20-11-14(13-28)9-10-17(20)22-21-18(7-4-8-19(21)31)29(23(32)30(22)34)16-6-3-5-15(12-16)24(25,26)27/h3,5-6,9-12,22,34H,2,4,7-8H2,1H3/t22-/m0/s1. The number of thiol groups is 1. The molecule has 0 saturated carbocycles. The van der Waals surface area contributed by atoms with Gasteiger partial charge in [0.15, 0.2) is 5.78 Å². The fourth-order valence-corrected chi connectivity index (χ4v) is 7.92. The van der Waals surface area contributed by atoms with Gasteiger partial charge < -0.3 is 0 Å². The summed E-state index contributed by atoms with van der Waals surface area (Å²) in [5.74, 6) is -0.162. The van der Waals surface area contributed by atoms with Gasteiger partial charge >= 0.3 is 12.2 Å². The molecule has 0 saturated heterocycles. The summed E-state index contributed by atoms with van der Waals surface area (Å²) in [5.41, 5.74) is 0.493. The summed E-state index contributed by atoms with van der Waals surface area (Å²) >= 11 is 0. The molecule has 1 aliphatic carbocycles. The first-order valence-corrected chi connectivity index (χ1v) is 12.7. The van der Waals surface area contributed by atoms with Crippen LogP contribution in [0.1, 0.15) is 48.9 Å². The Morgan fingerprint density at radius 2 is 1.91 bits per heavy atom. The average Bonchev–Trinajstić information content (AvgIpc) is 3.08. The van der Waals surface area contributed by atoms with Crippen LogP contribution in [0.15, 0.2) is 58.6 Å². The molecular weight excluding hydrogens is 467 g/mol. The smallest absolute Gasteiger partial charge is 0.294 e. The number of hydrogen-bond acceptors (Lipinski definition) is 4. The number of nitriles is 1. The van der Waals surface area contributed by atoms with E-state index in [0.29, 0.717) is 34.6 Å². The van der Waals surface area contributed by atoms with Gasteiger partial charge in [-0.15, -0.1) is 0 Å². The fraction of sp³-hybridized carbons (Fsp3) is 0.292. The number of alkyl halides is 3. The van der Waals surface area contributed by atoms with Crippen LogP contribution in [0.5, 0.6) is 0 Å². The van der Waals surface area contributed by atoms with Crippen LogP contribution in [0.3, 0.4) is 0 Å². The van der Waals surface area contributed by atoms with Crippen LogP contribution < -0.4 is 4.90 Å². The highest BCUT2D eigenvalue weighted by atomic mass is 32.3. The fourth-order valence-electron chi connectivity index (χ4n) is 5.13. The third-order valence-corrected chi connectivity index (χ3v) is 9.74. The molecular formula is C24H20F3N3O3S. The molecule has 3 aliphatic rings. The highest BCUT2D eigenvalue weighted by Gasteiger charge is 2.54. The van der Waals surface area contributed by atoms with Crippen LogP contribution in [0.2, 0.25) is 0 Å². The van der Waals surface area contributed by atoms with E-state index in [1.54, 1.807) is 19.1 Å². The zero-order chi connectivity index (χ0) is 24.4. The zero-order valence-electron chi connectivity index (χ0n) is 18.1. The Labute approximate surface area is 194 Å². The molecule has 0 bridgehead atoms. The summed E-state index contributed by atoms with van der Waals surface area (Å²) in [6.45, 7) is 1.65. The van der Waals surface area contributed by atoms with Crippen LogP contribution in [-0.2, 0) is 21.1 Å². The van der Waals surface area contributed by atoms with Crippen molar-refractivity contribution in [1.29, 1.82) is 5.26 Å². The molecule has 2 heterocycles. The van der Waals surface area contributed by atoms with Crippen molar-refractivity contribution in [3.8, 4) is 6.07 Å². The van der Waals surface area contributed by atoms with E-state index in [1.807, 2.05) is 6.07 Å². The number of Topliss-reactive ketones (excluding diaryl/α,β-unsaturated/α-hetero) is 1.